The minimum atomic E-state index is -0.408. The lowest BCUT2D eigenvalue weighted by atomic mass is 10.1. The molecule has 0 atom stereocenters. The van der Waals surface area contributed by atoms with Crippen LogP contribution in [0.4, 0.5) is 10.1 Å². The summed E-state index contributed by atoms with van der Waals surface area (Å²) >= 11 is 5.84. The predicted octanol–water partition coefficient (Wildman–Crippen LogP) is 4.06. The molecule has 0 bridgehead atoms. The van der Waals surface area contributed by atoms with Gasteiger partial charge in [-0.05, 0) is 42.5 Å². The van der Waals surface area contributed by atoms with Gasteiger partial charge in [-0.3, -0.25) is 14.6 Å². The number of hydrogen-bond donors (Lipinski definition) is 2. The van der Waals surface area contributed by atoms with E-state index >= 15 is 0 Å². The molecule has 0 spiro atoms. The van der Waals surface area contributed by atoms with Crippen LogP contribution in [0, 0.1) is 5.82 Å². The van der Waals surface area contributed by atoms with Crippen molar-refractivity contribution in [1.29, 1.82) is 0 Å². The number of amides is 2. The summed E-state index contributed by atoms with van der Waals surface area (Å²) in [5.74, 6) is -1.12. The van der Waals surface area contributed by atoms with Gasteiger partial charge in [-0.2, -0.15) is 0 Å². The third-order valence-electron chi connectivity index (χ3n) is 3.76. The molecule has 2 amide bonds. The van der Waals surface area contributed by atoms with E-state index in [9.17, 15) is 14.0 Å². The van der Waals surface area contributed by atoms with E-state index in [1.54, 1.807) is 48.5 Å². The van der Waals surface area contributed by atoms with E-state index in [0.717, 1.165) is 0 Å². The fourth-order valence-corrected chi connectivity index (χ4v) is 2.51. The van der Waals surface area contributed by atoms with Crippen LogP contribution in [0.5, 0.6) is 0 Å². The first-order valence-electron chi connectivity index (χ1n) is 8.07. The molecule has 0 saturated carbocycles. The molecule has 27 heavy (non-hydrogen) atoms. The molecule has 5 nitrogen and oxygen atoms in total. The maximum Gasteiger partial charge on any atom is 0.274 e. The fourth-order valence-electron chi connectivity index (χ4n) is 2.35. The lowest BCUT2D eigenvalue weighted by Gasteiger charge is -2.08. The molecule has 0 unspecified atom stereocenters. The molecular weight excluding hydrogens is 369 g/mol. The van der Waals surface area contributed by atoms with Crippen molar-refractivity contribution in [2.45, 2.75) is 6.54 Å². The van der Waals surface area contributed by atoms with Crippen molar-refractivity contribution in [3.8, 4) is 0 Å². The summed E-state index contributed by atoms with van der Waals surface area (Å²) in [5.41, 5.74) is 1.50. The first kappa shape index (κ1) is 18.5. The van der Waals surface area contributed by atoms with Crippen LogP contribution < -0.4 is 10.6 Å². The van der Waals surface area contributed by atoms with E-state index < -0.39 is 5.91 Å². The molecule has 0 aliphatic heterocycles. The molecule has 0 aliphatic rings. The van der Waals surface area contributed by atoms with Gasteiger partial charge in [0.2, 0.25) is 0 Å². The highest BCUT2D eigenvalue weighted by Gasteiger charge is 2.10. The number of anilines is 1. The van der Waals surface area contributed by atoms with Crippen molar-refractivity contribution in [3.63, 3.8) is 0 Å². The maximum atomic E-state index is 13.6. The normalized spacial score (nSPS) is 10.3. The lowest BCUT2D eigenvalue weighted by Crippen LogP contribution is -2.23. The number of halogens is 2. The van der Waals surface area contributed by atoms with Gasteiger partial charge >= 0.3 is 0 Å². The van der Waals surface area contributed by atoms with E-state index in [1.807, 2.05) is 0 Å². The summed E-state index contributed by atoms with van der Waals surface area (Å²) in [5, 5.41) is 5.75. The lowest BCUT2D eigenvalue weighted by molar-refractivity contribution is 0.0950. The number of carbonyl (C=O) groups excluding carboxylic acids is 2. The monoisotopic (exact) mass is 383 g/mol. The standard InChI is InChI=1S/C20H15ClFN3O2/c21-15-9-10-23-18(11-15)20(27)25-16-7-5-13(6-8-16)19(26)24-12-14-3-1-2-4-17(14)22/h1-11H,12H2,(H,24,26)(H,25,27). The number of carbonyl (C=O) groups is 2. The second-order valence-corrected chi connectivity index (χ2v) is 6.10. The number of rotatable bonds is 5. The molecule has 3 rings (SSSR count). The van der Waals surface area contributed by atoms with Gasteiger partial charge in [0.25, 0.3) is 11.8 Å². The summed E-state index contributed by atoms with van der Waals surface area (Å²) < 4.78 is 13.6. The highest BCUT2D eigenvalue weighted by molar-refractivity contribution is 6.30. The van der Waals surface area contributed by atoms with Gasteiger partial charge in [0.05, 0.1) is 0 Å². The van der Waals surface area contributed by atoms with Crippen molar-refractivity contribution in [2.75, 3.05) is 5.32 Å². The number of pyridine rings is 1. The van der Waals surface area contributed by atoms with Gasteiger partial charge in [0.1, 0.15) is 11.5 Å². The average molecular weight is 384 g/mol. The van der Waals surface area contributed by atoms with Crippen LogP contribution in [0.3, 0.4) is 0 Å². The van der Waals surface area contributed by atoms with Crippen molar-refractivity contribution >= 4 is 29.1 Å². The first-order chi connectivity index (χ1) is 13.0. The van der Waals surface area contributed by atoms with Crippen molar-refractivity contribution in [3.05, 3.63) is 94.5 Å². The highest BCUT2D eigenvalue weighted by Crippen LogP contribution is 2.13. The largest absolute Gasteiger partial charge is 0.348 e. The van der Waals surface area contributed by atoms with Crippen LogP contribution in [0.25, 0.3) is 0 Å². The second kappa shape index (κ2) is 8.42. The van der Waals surface area contributed by atoms with E-state index in [0.29, 0.717) is 21.8 Å². The summed E-state index contributed by atoms with van der Waals surface area (Å²) in [7, 11) is 0. The van der Waals surface area contributed by atoms with Crippen molar-refractivity contribution in [1.82, 2.24) is 10.3 Å². The minimum Gasteiger partial charge on any atom is -0.348 e. The Morgan fingerprint density at radius 1 is 1.00 bits per heavy atom. The smallest absolute Gasteiger partial charge is 0.274 e. The van der Waals surface area contributed by atoms with Crippen LogP contribution in [-0.2, 0) is 6.54 Å². The highest BCUT2D eigenvalue weighted by atomic mass is 35.5. The third kappa shape index (κ3) is 4.89. The third-order valence-corrected chi connectivity index (χ3v) is 3.99. The van der Waals surface area contributed by atoms with Gasteiger partial charge in [0, 0.05) is 34.6 Å². The molecule has 1 aromatic heterocycles. The Morgan fingerprint density at radius 3 is 2.44 bits per heavy atom. The summed E-state index contributed by atoms with van der Waals surface area (Å²) in [6.07, 6.45) is 1.44. The Kier molecular flexibility index (Phi) is 5.78. The molecule has 2 aromatic carbocycles. The van der Waals surface area contributed by atoms with Crippen molar-refractivity contribution < 1.29 is 14.0 Å². The van der Waals surface area contributed by atoms with E-state index in [2.05, 4.69) is 15.6 Å². The molecule has 1 heterocycles. The SMILES string of the molecule is O=C(NCc1ccccc1F)c1ccc(NC(=O)c2cc(Cl)ccn2)cc1. The average Bonchev–Trinajstić information content (AvgIpc) is 2.67. The molecule has 7 heteroatoms. The van der Waals surface area contributed by atoms with Crippen LogP contribution in [0.2, 0.25) is 5.02 Å². The Labute approximate surface area is 160 Å². The van der Waals surface area contributed by atoms with Crippen LogP contribution in [-0.4, -0.2) is 16.8 Å². The molecular formula is C20H15ClFN3O2. The summed E-state index contributed by atoms with van der Waals surface area (Å²) in [4.78, 5) is 28.3. The Bertz CT molecular complexity index is 977. The summed E-state index contributed by atoms with van der Waals surface area (Å²) in [6.45, 7) is 0.0877. The molecule has 0 aliphatic carbocycles. The zero-order valence-corrected chi connectivity index (χ0v) is 14.8. The number of hydrogen-bond acceptors (Lipinski definition) is 3. The van der Waals surface area contributed by atoms with Crippen LogP contribution in [0.15, 0.2) is 66.9 Å². The topological polar surface area (TPSA) is 71.1 Å². The molecule has 0 saturated heterocycles. The van der Waals surface area contributed by atoms with Gasteiger partial charge in [-0.1, -0.05) is 29.8 Å². The molecule has 0 fully saturated rings. The Hall–Kier alpha value is -3.25. The fraction of sp³-hybridized carbons (Fsp3) is 0.0500. The molecule has 0 radical (unpaired) electrons. The number of aromatic nitrogens is 1. The van der Waals surface area contributed by atoms with Gasteiger partial charge < -0.3 is 10.6 Å². The first-order valence-corrected chi connectivity index (χ1v) is 8.45. The second-order valence-electron chi connectivity index (χ2n) is 5.66. The van der Waals surface area contributed by atoms with E-state index in [1.165, 1.54) is 18.3 Å². The van der Waals surface area contributed by atoms with Crippen molar-refractivity contribution in [2.24, 2.45) is 0 Å². The molecule has 3 aromatic rings. The zero-order chi connectivity index (χ0) is 19.2. The quantitative estimate of drug-likeness (QED) is 0.698. The number of nitrogens with zero attached hydrogens (tertiary/aromatic N) is 1. The maximum absolute atomic E-state index is 13.6. The number of nitrogens with one attached hydrogen (secondary N) is 2. The van der Waals surface area contributed by atoms with Crippen LogP contribution >= 0.6 is 11.6 Å². The number of benzene rings is 2. The van der Waals surface area contributed by atoms with Gasteiger partial charge in [-0.15, -0.1) is 0 Å². The zero-order valence-electron chi connectivity index (χ0n) is 14.1. The van der Waals surface area contributed by atoms with Crippen LogP contribution in [0.1, 0.15) is 26.4 Å². The molecule has 2 N–H and O–H groups in total. The van der Waals surface area contributed by atoms with Gasteiger partial charge in [-0.25, -0.2) is 4.39 Å². The molecule has 136 valence electrons. The van der Waals surface area contributed by atoms with E-state index in [4.69, 9.17) is 11.6 Å². The minimum absolute atomic E-state index is 0.0877. The van der Waals surface area contributed by atoms with Gasteiger partial charge in [0.15, 0.2) is 0 Å². The predicted molar refractivity (Wildman–Crippen MR) is 101 cm³/mol. The van der Waals surface area contributed by atoms with E-state index in [-0.39, 0.29) is 24.0 Å². The Balaban J connectivity index is 1.60. The summed E-state index contributed by atoms with van der Waals surface area (Å²) in [6, 6.07) is 15.6. The Morgan fingerprint density at radius 2 is 1.74 bits per heavy atom.